The fourth-order valence-corrected chi connectivity index (χ4v) is 1.80. The maximum absolute atomic E-state index is 5.13. The van der Waals surface area contributed by atoms with Crippen molar-refractivity contribution in [2.75, 3.05) is 7.11 Å². The van der Waals surface area contributed by atoms with Crippen molar-refractivity contribution in [2.45, 2.75) is 20.0 Å². The van der Waals surface area contributed by atoms with E-state index < -0.39 is 0 Å². The van der Waals surface area contributed by atoms with Gasteiger partial charge in [-0.05, 0) is 30.2 Å². The van der Waals surface area contributed by atoms with Crippen molar-refractivity contribution in [2.24, 2.45) is 0 Å². The summed E-state index contributed by atoms with van der Waals surface area (Å²) < 4.78 is 5.13. The van der Waals surface area contributed by atoms with Gasteiger partial charge in [0.05, 0.1) is 7.11 Å². The molecule has 0 unspecified atom stereocenters. The first kappa shape index (κ1) is 12.7. The molecule has 0 aliphatic rings. The molecule has 0 fully saturated rings. The van der Waals surface area contributed by atoms with Crippen molar-refractivity contribution in [3.63, 3.8) is 0 Å². The Bertz CT molecular complexity index is 473. The fourth-order valence-electron chi connectivity index (χ4n) is 1.80. The van der Waals surface area contributed by atoms with Crippen LogP contribution in [0.1, 0.15) is 16.7 Å². The minimum Gasteiger partial charge on any atom is -0.497 e. The highest BCUT2D eigenvalue weighted by atomic mass is 16.5. The monoisotopic (exact) mass is 241 g/mol. The standard InChI is InChI=1S/C16H19NO/c1-13-3-5-14(6-4-13)11-17-12-15-7-9-16(18-2)10-8-15/h3-10,17H,11-12H2,1-2H3. The van der Waals surface area contributed by atoms with E-state index in [1.54, 1.807) is 7.11 Å². The van der Waals surface area contributed by atoms with Crippen LogP contribution in [0.2, 0.25) is 0 Å². The lowest BCUT2D eigenvalue weighted by molar-refractivity contribution is 0.414. The molecule has 0 bridgehead atoms. The lowest BCUT2D eigenvalue weighted by atomic mass is 10.1. The maximum atomic E-state index is 5.13. The number of hydrogen-bond donors (Lipinski definition) is 1. The van der Waals surface area contributed by atoms with Gasteiger partial charge in [-0.25, -0.2) is 0 Å². The Morgan fingerprint density at radius 2 is 1.33 bits per heavy atom. The summed E-state index contributed by atoms with van der Waals surface area (Å²) in [5.41, 5.74) is 3.88. The molecule has 0 aliphatic carbocycles. The molecule has 2 aromatic rings. The summed E-state index contributed by atoms with van der Waals surface area (Å²) in [5, 5.41) is 3.43. The molecular formula is C16H19NO. The second kappa shape index (κ2) is 6.22. The molecular weight excluding hydrogens is 222 g/mol. The van der Waals surface area contributed by atoms with E-state index in [4.69, 9.17) is 4.74 Å². The van der Waals surface area contributed by atoms with Crippen LogP contribution in [0.5, 0.6) is 5.75 Å². The Morgan fingerprint density at radius 1 is 0.833 bits per heavy atom. The van der Waals surface area contributed by atoms with Gasteiger partial charge in [0.1, 0.15) is 5.75 Å². The van der Waals surface area contributed by atoms with Crippen LogP contribution < -0.4 is 10.1 Å². The van der Waals surface area contributed by atoms with Crippen LogP contribution in [0.3, 0.4) is 0 Å². The molecule has 2 nitrogen and oxygen atoms in total. The number of ether oxygens (including phenoxy) is 1. The molecule has 0 heterocycles. The Morgan fingerprint density at radius 3 is 1.83 bits per heavy atom. The topological polar surface area (TPSA) is 21.3 Å². The molecule has 2 heteroatoms. The SMILES string of the molecule is COc1ccc(CNCc2ccc(C)cc2)cc1. The van der Waals surface area contributed by atoms with Gasteiger partial charge in [-0.15, -0.1) is 0 Å². The Kier molecular flexibility index (Phi) is 4.37. The maximum Gasteiger partial charge on any atom is 0.118 e. The summed E-state index contributed by atoms with van der Waals surface area (Å²) in [6.45, 7) is 3.87. The molecule has 1 N–H and O–H groups in total. The molecule has 0 spiro atoms. The summed E-state index contributed by atoms with van der Waals surface area (Å²) >= 11 is 0. The van der Waals surface area contributed by atoms with Gasteiger partial charge in [-0.3, -0.25) is 0 Å². The number of rotatable bonds is 5. The van der Waals surface area contributed by atoms with E-state index in [2.05, 4.69) is 48.6 Å². The Labute approximate surface area is 109 Å². The molecule has 0 radical (unpaired) electrons. The van der Waals surface area contributed by atoms with Gasteiger partial charge in [0.2, 0.25) is 0 Å². The fraction of sp³-hybridized carbons (Fsp3) is 0.250. The molecule has 2 rings (SSSR count). The highest BCUT2D eigenvalue weighted by Crippen LogP contribution is 2.11. The third-order valence-electron chi connectivity index (χ3n) is 2.94. The van der Waals surface area contributed by atoms with Crippen LogP contribution in [0.4, 0.5) is 0 Å². The smallest absolute Gasteiger partial charge is 0.118 e. The average Bonchev–Trinajstić information content (AvgIpc) is 2.42. The summed E-state index contributed by atoms with van der Waals surface area (Å²) in [4.78, 5) is 0. The summed E-state index contributed by atoms with van der Waals surface area (Å²) in [5.74, 6) is 0.900. The van der Waals surface area contributed by atoms with Crippen molar-refractivity contribution in [3.8, 4) is 5.75 Å². The molecule has 18 heavy (non-hydrogen) atoms. The average molecular weight is 241 g/mol. The van der Waals surface area contributed by atoms with E-state index in [1.807, 2.05) is 12.1 Å². The quantitative estimate of drug-likeness (QED) is 0.867. The lowest BCUT2D eigenvalue weighted by Crippen LogP contribution is -2.12. The van der Waals surface area contributed by atoms with Crippen LogP contribution in [0.15, 0.2) is 48.5 Å². The zero-order valence-corrected chi connectivity index (χ0v) is 10.9. The van der Waals surface area contributed by atoms with Gasteiger partial charge in [0.25, 0.3) is 0 Å². The number of aryl methyl sites for hydroxylation is 1. The first-order chi connectivity index (χ1) is 8.78. The van der Waals surface area contributed by atoms with Gasteiger partial charge in [-0.1, -0.05) is 42.0 Å². The summed E-state index contributed by atoms with van der Waals surface area (Å²) in [6.07, 6.45) is 0. The number of hydrogen-bond acceptors (Lipinski definition) is 2. The van der Waals surface area contributed by atoms with E-state index in [9.17, 15) is 0 Å². The molecule has 0 amide bonds. The van der Waals surface area contributed by atoms with Gasteiger partial charge in [0, 0.05) is 13.1 Å². The highest BCUT2D eigenvalue weighted by molar-refractivity contribution is 5.27. The molecule has 94 valence electrons. The minimum absolute atomic E-state index is 0.873. The number of nitrogens with one attached hydrogen (secondary N) is 1. The van der Waals surface area contributed by atoms with Gasteiger partial charge < -0.3 is 10.1 Å². The summed E-state index contributed by atoms with van der Waals surface area (Å²) in [7, 11) is 1.69. The van der Waals surface area contributed by atoms with E-state index in [0.29, 0.717) is 0 Å². The predicted molar refractivity (Wildman–Crippen MR) is 74.7 cm³/mol. The van der Waals surface area contributed by atoms with Crippen molar-refractivity contribution in [1.29, 1.82) is 0 Å². The minimum atomic E-state index is 0.873. The highest BCUT2D eigenvalue weighted by Gasteiger charge is 1.95. The van der Waals surface area contributed by atoms with Crippen LogP contribution >= 0.6 is 0 Å². The molecule has 0 saturated heterocycles. The van der Waals surface area contributed by atoms with E-state index in [0.717, 1.165) is 18.8 Å². The van der Waals surface area contributed by atoms with Crippen LogP contribution in [-0.4, -0.2) is 7.11 Å². The van der Waals surface area contributed by atoms with Crippen LogP contribution in [0.25, 0.3) is 0 Å². The van der Waals surface area contributed by atoms with Crippen LogP contribution in [-0.2, 0) is 13.1 Å². The number of methoxy groups -OCH3 is 1. The largest absolute Gasteiger partial charge is 0.497 e. The van der Waals surface area contributed by atoms with Gasteiger partial charge in [0.15, 0.2) is 0 Å². The first-order valence-electron chi connectivity index (χ1n) is 6.17. The molecule has 0 atom stereocenters. The lowest BCUT2D eigenvalue weighted by Gasteiger charge is -2.06. The second-order valence-corrected chi connectivity index (χ2v) is 4.44. The predicted octanol–water partition coefficient (Wildman–Crippen LogP) is 3.29. The third-order valence-corrected chi connectivity index (χ3v) is 2.94. The molecule has 0 aromatic heterocycles. The van der Waals surface area contributed by atoms with Crippen LogP contribution in [0, 0.1) is 6.92 Å². The zero-order chi connectivity index (χ0) is 12.8. The first-order valence-corrected chi connectivity index (χ1v) is 6.17. The molecule has 0 saturated carbocycles. The Hall–Kier alpha value is -1.80. The van der Waals surface area contributed by atoms with E-state index in [-0.39, 0.29) is 0 Å². The molecule has 2 aromatic carbocycles. The molecule has 0 aliphatic heterocycles. The number of benzene rings is 2. The second-order valence-electron chi connectivity index (χ2n) is 4.44. The third kappa shape index (κ3) is 3.60. The van der Waals surface area contributed by atoms with Crippen molar-refractivity contribution in [3.05, 3.63) is 65.2 Å². The Balaban J connectivity index is 1.82. The van der Waals surface area contributed by atoms with Gasteiger partial charge in [-0.2, -0.15) is 0 Å². The van der Waals surface area contributed by atoms with Gasteiger partial charge >= 0.3 is 0 Å². The van der Waals surface area contributed by atoms with E-state index >= 15 is 0 Å². The zero-order valence-electron chi connectivity index (χ0n) is 10.9. The van der Waals surface area contributed by atoms with E-state index in [1.165, 1.54) is 16.7 Å². The van der Waals surface area contributed by atoms with Crippen molar-refractivity contribution >= 4 is 0 Å². The normalized spacial score (nSPS) is 10.3. The van der Waals surface area contributed by atoms with Crippen molar-refractivity contribution < 1.29 is 4.74 Å². The van der Waals surface area contributed by atoms with Crippen molar-refractivity contribution in [1.82, 2.24) is 5.32 Å². The summed E-state index contributed by atoms with van der Waals surface area (Å²) in [6, 6.07) is 16.8.